The third kappa shape index (κ3) is 1.33. The van der Waals surface area contributed by atoms with Gasteiger partial charge in [0.05, 0.1) is 24.8 Å². The van der Waals surface area contributed by atoms with Gasteiger partial charge in [-0.1, -0.05) is 11.6 Å². The Morgan fingerprint density at radius 3 is 3.00 bits per heavy atom. The van der Waals surface area contributed by atoms with Crippen molar-refractivity contribution < 1.29 is 9.53 Å². The van der Waals surface area contributed by atoms with Crippen LogP contribution < -0.4 is 0 Å². The van der Waals surface area contributed by atoms with Gasteiger partial charge in [0.25, 0.3) is 5.91 Å². The Morgan fingerprint density at radius 1 is 1.53 bits per heavy atom. The molecule has 3 rings (SSSR count). The monoisotopic (exact) mass is 224 g/mol. The van der Waals surface area contributed by atoms with E-state index in [2.05, 4.69) is 4.98 Å². The SMILES string of the molecule is O=C1c2cnc(Cl)cc2CN1C1COC1. The van der Waals surface area contributed by atoms with Crippen LogP contribution in [-0.2, 0) is 11.3 Å². The van der Waals surface area contributed by atoms with Crippen LogP contribution in [0, 0.1) is 0 Å². The summed E-state index contributed by atoms with van der Waals surface area (Å²) in [4.78, 5) is 17.7. The molecule has 1 aromatic rings. The Balaban J connectivity index is 1.94. The van der Waals surface area contributed by atoms with Crippen LogP contribution >= 0.6 is 11.6 Å². The molecule has 1 amide bonds. The summed E-state index contributed by atoms with van der Waals surface area (Å²) in [5.41, 5.74) is 1.64. The first-order valence-electron chi connectivity index (χ1n) is 4.79. The fraction of sp³-hybridized carbons (Fsp3) is 0.400. The minimum atomic E-state index is 0.0440. The van der Waals surface area contributed by atoms with Crippen LogP contribution in [0.25, 0.3) is 0 Å². The molecule has 1 saturated heterocycles. The van der Waals surface area contributed by atoms with Crippen LogP contribution in [0.2, 0.25) is 5.15 Å². The summed E-state index contributed by atoms with van der Waals surface area (Å²) in [6, 6.07) is 1.98. The second kappa shape index (κ2) is 3.18. The van der Waals surface area contributed by atoms with Gasteiger partial charge in [-0.3, -0.25) is 4.79 Å². The van der Waals surface area contributed by atoms with Gasteiger partial charge in [-0.25, -0.2) is 4.98 Å². The van der Waals surface area contributed by atoms with E-state index in [1.54, 1.807) is 12.3 Å². The Hall–Kier alpha value is -1.13. The fourth-order valence-electron chi connectivity index (χ4n) is 1.90. The van der Waals surface area contributed by atoms with Crippen molar-refractivity contribution in [3.63, 3.8) is 0 Å². The van der Waals surface area contributed by atoms with Crippen molar-refractivity contribution in [2.45, 2.75) is 12.6 Å². The lowest BCUT2D eigenvalue weighted by Gasteiger charge is -2.34. The molecule has 0 spiro atoms. The van der Waals surface area contributed by atoms with E-state index < -0.39 is 0 Å². The molecule has 5 heteroatoms. The number of fused-ring (bicyclic) bond motifs is 1. The Kier molecular flexibility index (Phi) is 1.94. The number of rotatable bonds is 1. The molecule has 0 atom stereocenters. The third-order valence-electron chi connectivity index (χ3n) is 2.85. The van der Waals surface area contributed by atoms with E-state index >= 15 is 0 Å². The molecular formula is C10H9ClN2O2. The van der Waals surface area contributed by atoms with Gasteiger partial charge in [-0.05, 0) is 11.6 Å². The highest BCUT2D eigenvalue weighted by Gasteiger charge is 2.36. The molecule has 4 nitrogen and oxygen atoms in total. The zero-order valence-electron chi connectivity index (χ0n) is 7.94. The Bertz CT molecular complexity index is 431. The van der Waals surface area contributed by atoms with E-state index in [4.69, 9.17) is 16.3 Å². The van der Waals surface area contributed by atoms with Gasteiger partial charge < -0.3 is 9.64 Å². The zero-order chi connectivity index (χ0) is 10.4. The van der Waals surface area contributed by atoms with Crippen LogP contribution in [0.1, 0.15) is 15.9 Å². The lowest BCUT2D eigenvalue weighted by molar-refractivity contribution is -0.0540. The molecular weight excluding hydrogens is 216 g/mol. The maximum Gasteiger partial charge on any atom is 0.256 e. The van der Waals surface area contributed by atoms with E-state index in [1.807, 2.05) is 4.90 Å². The summed E-state index contributed by atoms with van der Waals surface area (Å²) >= 11 is 5.78. The summed E-state index contributed by atoms with van der Waals surface area (Å²) in [6.07, 6.45) is 1.56. The first kappa shape index (κ1) is 9.12. The van der Waals surface area contributed by atoms with E-state index in [0.29, 0.717) is 30.5 Å². The predicted octanol–water partition coefficient (Wildman–Crippen LogP) is 1.09. The molecule has 15 heavy (non-hydrogen) atoms. The highest BCUT2D eigenvalue weighted by molar-refractivity contribution is 6.29. The minimum absolute atomic E-state index is 0.0440. The molecule has 0 saturated carbocycles. The number of carbonyl (C=O) groups excluding carboxylic acids is 1. The summed E-state index contributed by atoms with van der Waals surface area (Å²) in [7, 11) is 0. The molecule has 2 aliphatic heterocycles. The molecule has 0 radical (unpaired) electrons. The first-order valence-corrected chi connectivity index (χ1v) is 5.16. The Labute approximate surface area is 91.8 Å². The lowest BCUT2D eigenvalue weighted by Crippen LogP contribution is -2.48. The highest BCUT2D eigenvalue weighted by atomic mass is 35.5. The molecule has 0 bridgehead atoms. The molecule has 78 valence electrons. The van der Waals surface area contributed by atoms with Gasteiger partial charge in [0.1, 0.15) is 5.15 Å². The molecule has 0 unspecified atom stereocenters. The van der Waals surface area contributed by atoms with Crippen molar-refractivity contribution >= 4 is 17.5 Å². The molecule has 1 aromatic heterocycles. The highest BCUT2D eigenvalue weighted by Crippen LogP contribution is 2.27. The van der Waals surface area contributed by atoms with Crippen LogP contribution in [0.15, 0.2) is 12.3 Å². The van der Waals surface area contributed by atoms with Crippen molar-refractivity contribution in [1.82, 2.24) is 9.88 Å². The average Bonchev–Trinajstić information content (AvgIpc) is 2.41. The number of amides is 1. The van der Waals surface area contributed by atoms with Gasteiger partial charge in [0.2, 0.25) is 0 Å². The number of carbonyl (C=O) groups is 1. The van der Waals surface area contributed by atoms with Crippen LogP contribution in [0.4, 0.5) is 0 Å². The average molecular weight is 225 g/mol. The van der Waals surface area contributed by atoms with E-state index in [1.165, 1.54) is 0 Å². The van der Waals surface area contributed by atoms with E-state index in [9.17, 15) is 4.79 Å². The van der Waals surface area contributed by atoms with Crippen molar-refractivity contribution in [2.75, 3.05) is 13.2 Å². The number of ether oxygens (including phenoxy) is 1. The van der Waals surface area contributed by atoms with Gasteiger partial charge in [0, 0.05) is 12.7 Å². The number of nitrogens with zero attached hydrogens (tertiary/aromatic N) is 2. The van der Waals surface area contributed by atoms with Gasteiger partial charge in [0.15, 0.2) is 0 Å². The Morgan fingerprint density at radius 2 is 2.33 bits per heavy atom. The van der Waals surface area contributed by atoms with Gasteiger partial charge in [-0.15, -0.1) is 0 Å². The second-order valence-corrected chi connectivity index (χ2v) is 4.18. The summed E-state index contributed by atoms with van der Waals surface area (Å²) in [5.74, 6) is 0.0440. The number of halogens is 1. The third-order valence-corrected chi connectivity index (χ3v) is 3.06. The minimum Gasteiger partial charge on any atom is -0.377 e. The second-order valence-electron chi connectivity index (χ2n) is 3.79. The van der Waals surface area contributed by atoms with E-state index in [-0.39, 0.29) is 11.9 Å². The number of hydrogen-bond acceptors (Lipinski definition) is 3. The van der Waals surface area contributed by atoms with Crippen LogP contribution in [-0.4, -0.2) is 35.0 Å². The lowest BCUT2D eigenvalue weighted by atomic mass is 10.2. The summed E-state index contributed by atoms with van der Waals surface area (Å²) < 4.78 is 5.08. The quantitative estimate of drug-likeness (QED) is 0.671. The zero-order valence-corrected chi connectivity index (χ0v) is 8.70. The predicted molar refractivity (Wildman–Crippen MR) is 53.7 cm³/mol. The standard InChI is InChI=1S/C10H9ClN2O2/c11-9-1-6-3-13(7-4-15-5-7)10(14)8(6)2-12-9/h1-2,7H,3-5H2. The van der Waals surface area contributed by atoms with Crippen LogP contribution in [0.5, 0.6) is 0 Å². The molecule has 0 aromatic carbocycles. The molecule has 0 aliphatic carbocycles. The first-order chi connectivity index (χ1) is 7.25. The van der Waals surface area contributed by atoms with Crippen molar-refractivity contribution in [1.29, 1.82) is 0 Å². The smallest absolute Gasteiger partial charge is 0.256 e. The number of aromatic nitrogens is 1. The van der Waals surface area contributed by atoms with Crippen molar-refractivity contribution in [3.8, 4) is 0 Å². The topological polar surface area (TPSA) is 42.4 Å². The van der Waals surface area contributed by atoms with Crippen molar-refractivity contribution in [2.24, 2.45) is 0 Å². The molecule has 0 N–H and O–H groups in total. The molecule has 2 aliphatic rings. The maximum absolute atomic E-state index is 11.9. The van der Waals surface area contributed by atoms with Crippen LogP contribution in [0.3, 0.4) is 0 Å². The maximum atomic E-state index is 11.9. The van der Waals surface area contributed by atoms with E-state index in [0.717, 1.165) is 5.56 Å². The van der Waals surface area contributed by atoms with Gasteiger partial charge >= 0.3 is 0 Å². The molecule has 1 fully saturated rings. The normalized spacial score (nSPS) is 20.3. The van der Waals surface area contributed by atoms with Crippen molar-refractivity contribution in [3.05, 3.63) is 28.5 Å². The number of hydrogen-bond donors (Lipinski definition) is 0. The molecule has 3 heterocycles. The fourth-order valence-corrected chi connectivity index (χ4v) is 2.08. The summed E-state index contributed by atoms with van der Waals surface area (Å²) in [5, 5.41) is 0.438. The number of pyridine rings is 1. The van der Waals surface area contributed by atoms with Gasteiger partial charge in [-0.2, -0.15) is 0 Å². The summed E-state index contributed by atoms with van der Waals surface area (Å²) in [6.45, 7) is 1.91. The largest absolute Gasteiger partial charge is 0.377 e.